The Morgan fingerprint density at radius 1 is 1.09 bits per heavy atom. The monoisotopic (exact) mass is 452 g/mol. The molecule has 5 rings (SSSR count). The maximum atomic E-state index is 13.5. The molecule has 0 radical (unpaired) electrons. The average Bonchev–Trinajstić information content (AvgIpc) is 3.17. The van der Waals surface area contributed by atoms with Gasteiger partial charge in [0.05, 0.1) is 12.8 Å². The molecule has 0 saturated heterocycles. The van der Waals surface area contributed by atoms with Crippen molar-refractivity contribution >= 4 is 23.2 Å². The number of thiophene rings is 1. The number of rotatable bonds is 8. The number of amides is 2. The number of benzene rings is 1. The highest BCUT2D eigenvalue weighted by Gasteiger charge is 2.36. The number of furan rings is 1. The number of hydrogen-bond acceptors (Lipinski definition) is 6. The zero-order chi connectivity index (χ0) is 22.1. The predicted molar refractivity (Wildman–Crippen MR) is 119 cm³/mol. The van der Waals surface area contributed by atoms with Gasteiger partial charge in [0.25, 0.3) is 5.91 Å². The molecule has 3 aromatic rings. The molecule has 3 heterocycles. The van der Waals surface area contributed by atoms with Gasteiger partial charge in [-0.05, 0) is 66.6 Å². The summed E-state index contributed by atoms with van der Waals surface area (Å²) in [5, 5.41) is 2.03. The van der Waals surface area contributed by atoms with Gasteiger partial charge in [0, 0.05) is 17.5 Å². The summed E-state index contributed by atoms with van der Waals surface area (Å²) in [5.74, 6) is 1.34. The molecule has 0 atom stereocenters. The fourth-order valence-electron chi connectivity index (χ4n) is 3.77. The molecular formula is C24H24N2O5S. The largest absolute Gasteiger partial charge is 0.459 e. The van der Waals surface area contributed by atoms with Crippen LogP contribution in [0.15, 0.2) is 52.5 Å². The van der Waals surface area contributed by atoms with Gasteiger partial charge in [-0.1, -0.05) is 6.07 Å². The van der Waals surface area contributed by atoms with E-state index in [0.717, 1.165) is 28.8 Å². The van der Waals surface area contributed by atoms with E-state index in [2.05, 4.69) is 6.07 Å². The predicted octanol–water partition coefficient (Wildman–Crippen LogP) is 4.21. The summed E-state index contributed by atoms with van der Waals surface area (Å²) in [6, 6.07) is 11.2. The second-order valence-corrected chi connectivity index (χ2v) is 9.11. The van der Waals surface area contributed by atoms with Crippen molar-refractivity contribution in [1.29, 1.82) is 0 Å². The van der Waals surface area contributed by atoms with E-state index in [1.165, 1.54) is 6.26 Å². The molecule has 1 saturated carbocycles. The Labute approximate surface area is 190 Å². The normalized spacial score (nSPS) is 14.4. The first kappa shape index (κ1) is 20.6. The Kier molecular flexibility index (Phi) is 5.61. The first-order chi connectivity index (χ1) is 15.6. The molecule has 7 nitrogen and oxygen atoms in total. The summed E-state index contributed by atoms with van der Waals surface area (Å²) in [4.78, 5) is 31.0. The lowest BCUT2D eigenvalue weighted by atomic mass is 10.1. The van der Waals surface area contributed by atoms with Crippen LogP contribution in [0.2, 0.25) is 0 Å². The summed E-state index contributed by atoms with van der Waals surface area (Å²) >= 11 is 1.63. The van der Waals surface area contributed by atoms with E-state index in [4.69, 9.17) is 13.9 Å². The Morgan fingerprint density at radius 3 is 2.66 bits per heavy atom. The molecule has 32 heavy (non-hydrogen) atoms. The van der Waals surface area contributed by atoms with Crippen LogP contribution in [-0.4, -0.2) is 41.0 Å². The van der Waals surface area contributed by atoms with Crippen molar-refractivity contribution in [3.05, 3.63) is 69.8 Å². The van der Waals surface area contributed by atoms with E-state index < -0.39 is 0 Å². The minimum absolute atomic E-state index is 0.0270. The Bertz CT molecular complexity index is 1120. The molecule has 8 heteroatoms. The summed E-state index contributed by atoms with van der Waals surface area (Å²) in [7, 11) is 0. The summed E-state index contributed by atoms with van der Waals surface area (Å²) in [5.41, 5.74) is 2.11. The van der Waals surface area contributed by atoms with Gasteiger partial charge in [-0.2, -0.15) is 0 Å². The Morgan fingerprint density at radius 2 is 1.94 bits per heavy atom. The lowest BCUT2D eigenvalue weighted by Crippen LogP contribution is -2.43. The SMILES string of the molecule is Cc1ccsc1CN(Cc1ccc2c(c1)OCO2)C(=O)CN(C(=O)c1ccco1)C1CC1. The zero-order valence-electron chi connectivity index (χ0n) is 17.8. The third kappa shape index (κ3) is 4.36. The van der Waals surface area contributed by atoms with Gasteiger partial charge in [0.2, 0.25) is 12.7 Å². The molecular weight excluding hydrogens is 428 g/mol. The van der Waals surface area contributed by atoms with Gasteiger partial charge < -0.3 is 23.7 Å². The maximum absolute atomic E-state index is 13.5. The highest BCUT2D eigenvalue weighted by Crippen LogP contribution is 2.33. The molecule has 2 amide bonds. The number of fused-ring (bicyclic) bond motifs is 1. The highest BCUT2D eigenvalue weighted by molar-refractivity contribution is 7.10. The molecule has 0 spiro atoms. The molecule has 0 N–H and O–H groups in total. The van der Waals surface area contributed by atoms with E-state index in [1.807, 2.05) is 30.5 Å². The van der Waals surface area contributed by atoms with Crippen LogP contribution in [0.1, 0.15) is 39.4 Å². The third-order valence-corrected chi connectivity index (χ3v) is 6.76. The molecule has 2 aromatic heterocycles. The maximum Gasteiger partial charge on any atom is 0.290 e. The molecule has 0 unspecified atom stereocenters. The van der Waals surface area contributed by atoms with Gasteiger partial charge in [-0.15, -0.1) is 11.3 Å². The van der Waals surface area contributed by atoms with Crippen molar-refractivity contribution in [1.82, 2.24) is 9.80 Å². The van der Waals surface area contributed by atoms with Crippen molar-refractivity contribution in [3.8, 4) is 11.5 Å². The van der Waals surface area contributed by atoms with Crippen LogP contribution in [0, 0.1) is 6.92 Å². The Hall–Kier alpha value is -3.26. The quantitative estimate of drug-likeness (QED) is 0.512. The highest BCUT2D eigenvalue weighted by atomic mass is 32.1. The van der Waals surface area contributed by atoms with Crippen LogP contribution >= 0.6 is 11.3 Å². The molecule has 166 valence electrons. The van der Waals surface area contributed by atoms with E-state index in [1.54, 1.807) is 33.3 Å². The van der Waals surface area contributed by atoms with Crippen LogP contribution in [0.25, 0.3) is 0 Å². The lowest BCUT2D eigenvalue weighted by Gasteiger charge is -2.27. The standard InChI is InChI=1S/C24H24N2O5S/c1-16-8-10-32-22(16)13-25(12-17-4-7-19-21(11-17)31-15-30-19)23(27)14-26(18-5-6-18)24(28)20-3-2-9-29-20/h2-4,7-11,18H,5-6,12-15H2,1H3. The number of ether oxygens (including phenoxy) is 2. The van der Waals surface area contributed by atoms with Crippen molar-refractivity contribution in [2.45, 2.75) is 38.9 Å². The molecule has 1 fully saturated rings. The molecule has 1 aliphatic carbocycles. The topological polar surface area (TPSA) is 72.2 Å². The average molecular weight is 453 g/mol. The first-order valence-electron chi connectivity index (χ1n) is 10.6. The molecule has 2 aliphatic rings. The second-order valence-electron chi connectivity index (χ2n) is 8.11. The second kappa shape index (κ2) is 8.70. The summed E-state index contributed by atoms with van der Waals surface area (Å²) < 4.78 is 16.2. The van der Waals surface area contributed by atoms with Crippen molar-refractivity contribution in [2.24, 2.45) is 0 Å². The van der Waals surface area contributed by atoms with Crippen molar-refractivity contribution in [2.75, 3.05) is 13.3 Å². The minimum atomic E-state index is -0.235. The zero-order valence-corrected chi connectivity index (χ0v) is 18.6. The van der Waals surface area contributed by atoms with Gasteiger partial charge in [-0.25, -0.2) is 0 Å². The van der Waals surface area contributed by atoms with Crippen LogP contribution in [0.3, 0.4) is 0 Å². The van der Waals surface area contributed by atoms with Crippen LogP contribution in [0.4, 0.5) is 0 Å². The summed E-state index contributed by atoms with van der Waals surface area (Å²) in [6.07, 6.45) is 3.30. The number of carbonyl (C=O) groups excluding carboxylic acids is 2. The van der Waals surface area contributed by atoms with E-state index in [-0.39, 0.29) is 37.0 Å². The fourth-order valence-corrected chi connectivity index (χ4v) is 4.69. The number of carbonyl (C=O) groups is 2. The fraction of sp³-hybridized carbons (Fsp3) is 0.333. The van der Waals surface area contributed by atoms with E-state index in [9.17, 15) is 9.59 Å². The molecule has 1 aliphatic heterocycles. The van der Waals surface area contributed by atoms with Gasteiger partial charge in [0.15, 0.2) is 17.3 Å². The van der Waals surface area contributed by atoms with Crippen LogP contribution in [-0.2, 0) is 17.9 Å². The Balaban J connectivity index is 1.37. The van der Waals surface area contributed by atoms with Crippen molar-refractivity contribution < 1.29 is 23.5 Å². The number of hydrogen-bond donors (Lipinski definition) is 0. The van der Waals surface area contributed by atoms with E-state index in [0.29, 0.717) is 24.6 Å². The van der Waals surface area contributed by atoms with Gasteiger partial charge >= 0.3 is 0 Å². The van der Waals surface area contributed by atoms with Crippen LogP contribution in [0.5, 0.6) is 11.5 Å². The smallest absolute Gasteiger partial charge is 0.290 e. The molecule has 0 bridgehead atoms. The number of nitrogens with zero attached hydrogens (tertiary/aromatic N) is 2. The van der Waals surface area contributed by atoms with Gasteiger partial charge in [0.1, 0.15) is 6.54 Å². The first-order valence-corrected chi connectivity index (χ1v) is 11.5. The van der Waals surface area contributed by atoms with Gasteiger partial charge in [-0.3, -0.25) is 9.59 Å². The van der Waals surface area contributed by atoms with Crippen molar-refractivity contribution in [3.63, 3.8) is 0 Å². The van der Waals surface area contributed by atoms with Crippen LogP contribution < -0.4 is 9.47 Å². The third-order valence-electron chi connectivity index (χ3n) is 5.75. The lowest BCUT2D eigenvalue weighted by molar-refractivity contribution is -0.133. The molecule has 1 aromatic carbocycles. The number of aryl methyl sites for hydroxylation is 1. The minimum Gasteiger partial charge on any atom is -0.459 e. The van der Waals surface area contributed by atoms with E-state index >= 15 is 0 Å². The summed E-state index contributed by atoms with van der Waals surface area (Å²) in [6.45, 7) is 3.19.